The van der Waals surface area contributed by atoms with Crippen LogP contribution in [0, 0.1) is 0 Å². The molecule has 0 unspecified atom stereocenters. The zero-order valence-corrected chi connectivity index (χ0v) is 29.2. The molecule has 0 saturated heterocycles. The average Bonchev–Trinajstić information content (AvgIpc) is 2.93. The van der Waals surface area contributed by atoms with Crippen molar-refractivity contribution in [3.8, 4) is 0 Å². The quantitative estimate of drug-likeness (QED) is 0.0500. The fourth-order valence-electron chi connectivity index (χ4n) is 4.18. The van der Waals surface area contributed by atoms with E-state index in [0.29, 0.717) is 12.8 Å². The summed E-state index contributed by atoms with van der Waals surface area (Å²) in [6.45, 7) is 4.47. The molecular formula is C36H64O6Ti. The molecule has 248 valence electrons. The summed E-state index contributed by atoms with van der Waals surface area (Å²) in [5.74, 6) is -1.34. The van der Waals surface area contributed by atoms with E-state index in [-0.39, 0.29) is 32.7 Å². The fraction of sp³-hybridized carbons (Fsp3) is 0.722. The number of allylic oxidation sites excluding steroid dienone is 8. The molecule has 0 rings (SSSR count). The predicted molar refractivity (Wildman–Crippen MR) is 175 cm³/mol. The molecule has 0 saturated carbocycles. The molecule has 0 aliphatic rings. The van der Waals surface area contributed by atoms with Crippen molar-refractivity contribution < 1.29 is 52.5 Å². The van der Waals surface area contributed by atoms with Crippen molar-refractivity contribution in [1.29, 1.82) is 0 Å². The van der Waals surface area contributed by atoms with Crippen molar-refractivity contribution in [3.63, 3.8) is 0 Å². The molecular weight excluding hydrogens is 576 g/mol. The van der Waals surface area contributed by atoms with Crippen molar-refractivity contribution in [2.75, 3.05) is 0 Å². The number of carboxylic acids is 2. The van der Waals surface area contributed by atoms with Crippen molar-refractivity contribution in [3.05, 3.63) is 48.6 Å². The van der Waals surface area contributed by atoms with E-state index in [9.17, 15) is 9.59 Å². The van der Waals surface area contributed by atoms with Gasteiger partial charge in [0.1, 0.15) is 0 Å². The van der Waals surface area contributed by atoms with Gasteiger partial charge in [0.2, 0.25) is 0 Å². The molecule has 0 aromatic heterocycles. The fourth-order valence-corrected chi connectivity index (χ4v) is 4.18. The van der Waals surface area contributed by atoms with Gasteiger partial charge >= 0.3 is 33.7 Å². The molecule has 0 aromatic carbocycles. The summed E-state index contributed by atoms with van der Waals surface area (Å²) >= 11 is 0. The van der Waals surface area contributed by atoms with E-state index < -0.39 is 11.9 Å². The second kappa shape index (κ2) is 47.5. The van der Waals surface area contributed by atoms with E-state index in [1.54, 1.807) is 0 Å². The van der Waals surface area contributed by atoms with Gasteiger partial charge in [0.05, 0.1) is 0 Å². The van der Waals surface area contributed by atoms with E-state index in [4.69, 9.17) is 10.2 Å². The molecule has 0 bridgehead atoms. The van der Waals surface area contributed by atoms with Crippen LogP contribution in [0.15, 0.2) is 48.6 Å². The SMILES string of the molecule is CCCCC/C=C\C/C=C\CCCCCCCC(=O)O.CCCCC/C=C\C/C=C\CCCCCCCC(=O)O.[O-2].[O-2].[Ti+4]. The minimum Gasteiger partial charge on any atom is -2.00 e. The van der Waals surface area contributed by atoms with Crippen molar-refractivity contribution >= 4 is 11.9 Å². The Morgan fingerprint density at radius 1 is 0.419 bits per heavy atom. The van der Waals surface area contributed by atoms with Gasteiger partial charge in [-0.05, 0) is 77.0 Å². The third-order valence-corrected chi connectivity index (χ3v) is 6.68. The summed E-state index contributed by atoms with van der Waals surface area (Å²) in [4.78, 5) is 20.6. The van der Waals surface area contributed by atoms with Crippen LogP contribution >= 0.6 is 0 Å². The molecule has 6 nitrogen and oxygen atoms in total. The molecule has 0 fully saturated rings. The predicted octanol–water partition coefficient (Wildman–Crippen LogP) is 11.5. The molecule has 0 aliphatic carbocycles. The molecule has 0 radical (unpaired) electrons. The van der Waals surface area contributed by atoms with Crippen LogP contribution in [0.5, 0.6) is 0 Å². The number of aliphatic carboxylic acids is 2. The van der Waals surface area contributed by atoms with Gasteiger partial charge in [-0.3, -0.25) is 9.59 Å². The van der Waals surface area contributed by atoms with Gasteiger partial charge in [0, 0.05) is 12.8 Å². The van der Waals surface area contributed by atoms with Gasteiger partial charge < -0.3 is 21.2 Å². The minimum atomic E-state index is -0.671. The maximum Gasteiger partial charge on any atom is 4.00 e. The second-order valence-electron chi connectivity index (χ2n) is 10.7. The number of carbonyl (C=O) groups is 2. The molecule has 0 spiro atoms. The first-order valence-corrected chi connectivity index (χ1v) is 16.6. The standard InChI is InChI=1S/2C18H32O2.2O.Ti/c2*1-2-3-4-5-6-7-8-9-10-11-12-13-14-15-16-17-18(19)20;;;/h2*6-7,9-10H,2-5,8,11-17H2,1H3,(H,19,20);;;/q;;2*-2;+4/b2*7-6-,10-9-;;;. The van der Waals surface area contributed by atoms with Gasteiger partial charge in [0.25, 0.3) is 0 Å². The maximum absolute atomic E-state index is 10.3. The molecule has 0 amide bonds. The molecule has 7 heteroatoms. The summed E-state index contributed by atoms with van der Waals surface area (Å²) in [6.07, 6.45) is 44.6. The van der Waals surface area contributed by atoms with Crippen molar-refractivity contribution in [2.24, 2.45) is 0 Å². The molecule has 0 atom stereocenters. The van der Waals surface area contributed by atoms with Crippen LogP contribution in [-0.2, 0) is 42.3 Å². The number of hydrogen-bond donors (Lipinski definition) is 2. The molecule has 43 heavy (non-hydrogen) atoms. The van der Waals surface area contributed by atoms with Gasteiger partial charge in [0.15, 0.2) is 0 Å². The number of carboxylic acid groups (broad SMARTS) is 2. The van der Waals surface area contributed by atoms with Gasteiger partial charge in [-0.1, -0.05) is 127 Å². The Morgan fingerprint density at radius 2 is 0.674 bits per heavy atom. The van der Waals surface area contributed by atoms with Crippen LogP contribution in [0.3, 0.4) is 0 Å². The molecule has 0 aromatic rings. The largest absolute Gasteiger partial charge is 4.00 e. The monoisotopic (exact) mass is 640 g/mol. The summed E-state index contributed by atoms with van der Waals surface area (Å²) < 4.78 is 0. The molecule has 0 aliphatic heterocycles. The van der Waals surface area contributed by atoms with Gasteiger partial charge in [-0.2, -0.15) is 0 Å². The van der Waals surface area contributed by atoms with Crippen molar-refractivity contribution in [1.82, 2.24) is 0 Å². The number of hydrogen-bond acceptors (Lipinski definition) is 2. The van der Waals surface area contributed by atoms with E-state index in [1.807, 2.05) is 0 Å². The van der Waals surface area contributed by atoms with E-state index >= 15 is 0 Å². The third-order valence-electron chi connectivity index (χ3n) is 6.68. The van der Waals surface area contributed by atoms with Crippen LogP contribution in [-0.4, -0.2) is 22.2 Å². The maximum atomic E-state index is 10.3. The molecule has 0 heterocycles. The Morgan fingerprint density at radius 3 is 0.953 bits per heavy atom. The first-order valence-electron chi connectivity index (χ1n) is 16.6. The van der Waals surface area contributed by atoms with Crippen molar-refractivity contribution in [2.45, 2.75) is 168 Å². The van der Waals surface area contributed by atoms with E-state index in [0.717, 1.165) is 51.4 Å². The van der Waals surface area contributed by atoms with E-state index in [2.05, 4.69) is 62.5 Å². The normalized spacial score (nSPS) is 10.8. The zero-order valence-electron chi connectivity index (χ0n) is 27.6. The Labute approximate surface area is 280 Å². The van der Waals surface area contributed by atoms with Crippen LogP contribution in [0.4, 0.5) is 0 Å². The first kappa shape index (κ1) is 51.1. The Hall–Kier alpha value is -1.47. The Balaban J connectivity index is -0.000000209. The van der Waals surface area contributed by atoms with Gasteiger partial charge in [-0.25, -0.2) is 0 Å². The summed E-state index contributed by atoms with van der Waals surface area (Å²) in [7, 11) is 0. The van der Waals surface area contributed by atoms with Crippen LogP contribution in [0.2, 0.25) is 0 Å². The average molecular weight is 641 g/mol. The Bertz CT molecular complexity index is 602. The topological polar surface area (TPSA) is 132 Å². The van der Waals surface area contributed by atoms with Crippen LogP contribution < -0.4 is 0 Å². The van der Waals surface area contributed by atoms with E-state index in [1.165, 1.54) is 89.9 Å². The van der Waals surface area contributed by atoms with Crippen LogP contribution in [0.25, 0.3) is 0 Å². The second-order valence-corrected chi connectivity index (χ2v) is 10.7. The van der Waals surface area contributed by atoms with Gasteiger partial charge in [-0.15, -0.1) is 0 Å². The first-order chi connectivity index (χ1) is 19.5. The number of rotatable bonds is 28. The third kappa shape index (κ3) is 56.9. The molecule has 2 N–H and O–H groups in total. The number of unbranched alkanes of at least 4 members (excludes halogenated alkanes) is 16. The zero-order chi connectivity index (χ0) is 29.8. The smallest absolute Gasteiger partial charge is 2.00 e. The summed E-state index contributed by atoms with van der Waals surface area (Å²) in [5, 5.41) is 17.0. The minimum absolute atomic E-state index is 0. The summed E-state index contributed by atoms with van der Waals surface area (Å²) in [5.41, 5.74) is 0. The summed E-state index contributed by atoms with van der Waals surface area (Å²) in [6, 6.07) is 0. The van der Waals surface area contributed by atoms with Crippen LogP contribution in [0.1, 0.15) is 168 Å². The Kier molecular flexibility index (Phi) is 56.4.